The lowest BCUT2D eigenvalue weighted by Crippen LogP contribution is -2.64. The first-order valence-corrected chi connectivity index (χ1v) is 12.6. The van der Waals surface area contributed by atoms with Gasteiger partial charge in [0.05, 0.1) is 11.1 Å². The molecule has 1 unspecified atom stereocenters. The number of fused-ring (bicyclic) bond motifs is 1. The highest BCUT2D eigenvalue weighted by atomic mass is 19.1. The molecular weight excluding hydrogens is 453 g/mol. The van der Waals surface area contributed by atoms with E-state index in [-0.39, 0.29) is 18.7 Å². The topological polar surface area (TPSA) is 93.3 Å². The molecule has 10 heteroatoms. The molecule has 0 spiro atoms. The van der Waals surface area contributed by atoms with Gasteiger partial charge in [0.25, 0.3) is 11.8 Å². The first-order valence-electron chi connectivity index (χ1n) is 12.6. The molecule has 4 saturated heterocycles. The largest absolute Gasteiger partial charge is 0.371 e. The maximum Gasteiger partial charge on any atom is 0.262 e. The number of halogens is 1. The summed E-state index contributed by atoms with van der Waals surface area (Å²) >= 11 is 0. The number of carbonyl (C=O) groups excluding carboxylic acids is 4. The van der Waals surface area contributed by atoms with Gasteiger partial charge in [0, 0.05) is 63.3 Å². The lowest BCUT2D eigenvalue weighted by Gasteiger charge is -2.50. The van der Waals surface area contributed by atoms with Crippen LogP contribution in [0.25, 0.3) is 0 Å². The third-order valence-electron chi connectivity index (χ3n) is 8.11. The van der Waals surface area contributed by atoms with E-state index in [1.165, 1.54) is 0 Å². The van der Waals surface area contributed by atoms with Gasteiger partial charge < -0.3 is 4.90 Å². The molecule has 2 atom stereocenters. The number of alkyl halides is 1. The zero-order chi connectivity index (χ0) is 24.3. The van der Waals surface area contributed by atoms with Crippen molar-refractivity contribution in [2.75, 3.05) is 50.7 Å². The van der Waals surface area contributed by atoms with Crippen LogP contribution in [0.2, 0.25) is 0 Å². The Morgan fingerprint density at radius 1 is 0.943 bits per heavy atom. The van der Waals surface area contributed by atoms with Crippen molar-refractivity contribution in [3.63, 3.8) is 0 Å². The first-order chi connectivity index (χ1) is 16.9. The van der Waals surface area contributed by atoms with Gasteiger partial charge in [-0.25, -0.2) is 4.39 Å². The van der Waals surface area contributed by atoms with Crippen molar-refractivity contribution < 1.29 is 23.6 Å². The molecule has 5 aliphatic rings. The summed E-state index contributed by atoms with van der Waals surface area (Å²) in [5.41, 5.74) is 1.52. The van der Waals surface area contributed by atoms with Crippen LogP contribution < -0.4 is 10.2 Å². The van der Waals surface area contributed by atoms with Crippen molar-refractivity contribution in [2.45, 2.75) is 43.9 Å². The Bertz CT molecular complexity index is 1080. The Kier molecular flexibility index (Phi) is 5.60. The Labute approximate surface area is 203 Å². The highest BCUT2D eigenvalue weighted by Gasteiger charge is 2.45. The third kappa shape index (κ3) is 4.02. The maximum absolute atomic E-state index is 13.7. The average Bonchev–Trinajstić information content (AvgIpc) is 3.01. The SMILES string of the molecule is O=C1CCC(N2C(=O)c3ccc(N4CC(CN5CC(N6CCC[C@@H](F)C6)C5)C4)cc3C2=O)C(=O)N1. The number of hydrogen-bond acceptors (Lipinski definition) is 7. The van der Waals surface area contributed by atoms with Crippen LogP contribution in [-0.2, 0) is 9.59 Å². The van der Waals surface area contributed by atoms with Crippen molar-refractivity contribution >= 4 is 29.3 Å². The second-order valence-electron chi connectivity index (χ2n) is 10.6. The van der Waals surface area contributed by atoms with Crippen LogP contribution in [0.4, 0.5) is 10.1 Å². The highest BCUT2D eigenvalue weighted by Crippen LogP contribution is 2.33. The number of nitrogens with one attached hydrogen (secondary N) is 1. The van der Waals surface area contributed by atoms with Crippen LogP contribution in [0.3, 0.4) is 0 Å². The molecule has 0 saturated carbocycles. The van der Waals surface area contributed by atoms with Gasteiger partial charge >= 0.3 is 0 Å². The molecule has 4 fully saturated rings. The van der Waals surface area contributed by atoms with E-state index in [1.807, 2.05) is 6.07 Å². The monoisotopic (exact) mass is 483 g/mol. The standard InChI is InChI=1S/C25H30FN5O4/c26-16-2-1-7-29(12-16)18-13-28(14-18)9-15-10-30(11-15)17-3-4-19-20(8-17)25(35)31(24(19)34)21-5-6-22(32)27-23(21)33/h3-4,8,15-16,18,21H,1-2,5-7,9-14H2,(H,27,32,33)/t16-,21?/m1/s1. The van der Waals surface area contributed by atoms with Crippen LogP contribution >= 0.6 is 0 Å². The highest BCUT2D eigenvalue weighted by molar-refractivity contribution is 6.23. The number of imide groups is 2. The minimum atomic E-state index is -0.946. The normalized spacial score (nSPS) is 28.7. The molecule has 0 radical (unpaired) electrons. The van der Waals surface area contributed by atoms with Crippen molar-refractivity contribution in [1.29, 1.82) is 0 Å². The number of amides is 4. The van der Waals surface area contributed by atoms with E-state index >= 15 is 0 Å². The first kappa shape index (κ1) is 22.6. The zero-order valence-corrected chi connectivity index (χ0v) is 19.6. The molecule has 0 bridgehead atoms. The number of carbonyl (C=O) groups is 4. The molecule has 5 aliphatic heterocycles. The van der Waals surface area contributed by atoms with E-state index < -0.39 is 29.9 Å². The summed E-state index contributed by atoms with van der Waals surface area (Å²) in [4.78, 5) is 57.5. The fourth-order valence-electron chi connectivity index (χ4n) is 6.12. The lowest BCUT2D eigenvalue weighted by molar-refractivity contribution is -0.136. The van der Waals surface area contributed by atoms with Crippen molar-refractivity contribution in [2.24, 2.45) is 5.92 Å². The Balaban J connectivity index is 1.03. The van der Waals surface area contributed by atoms with Crippen LogP contribution in [0.1, 0.15) is 46.4 Å². The molecule has 1 N–H and O–H groups in total. The number of benzene rings is 1. The Hall–Kier alpha value is -2.85. The summed E-state index contributed by atoms with van der Waals surface area (Å²) in [6, 6.07) is 4.81. The molecule has 1 aromatic carbocycles. The lowest BCUT2D eigenvalue weighted by atomic mass is 9.94. The number of piperidine rings is 2. The minimum absolute atomic E-state index is 0.108. The molecule has 9 nitrogen and oxygen atoms in total. The molecule has 5 heterocycles. The molecule has 6 rings (SSSR count). The van der Waals surface area contributed by atoms with Gasteiger partial charge in [0.1, 0.15) is 12.2 Å². The molecule has 1 aromatic rings. The third-order valence-corrected chi connectivity index (χ3v) is 8.11. The van der Waals surface area contributed by atoms with Gasteiger partial charge in [-0.15, -0.1) is 0 Å². The van der Waals surface area contributed by atoms with Gasteiger partial charge in [-0.2, -0.15) is 0 Å². The number of anilines is 1. The fourth-order valence-corrected chi connectivity index (χ4v) is 6.12. The van der Waals surface area contributed by atoms with Gasteiger partial charge in [-0.3, -0.25) is 39.2 Å². The molecule has 35 heavy (non-hydrogen) atoms. The quantitative estimate of drug-likeness (QED) is 0.615. The minimum Gasteiger partial charge on any atom is -0.371 e. The van der Waals surface area contributed by atoms with E-state index in [4.69, 9.17) is 0 Å². The smallest absolute Gasteiger partial charge is 0.262 e. The fraction of sp³-hybridized carbons (Fsp3) is 0.600. The second kappa shape index (κ2) is 8.67. The van der Waals surface area contributed by atoms with E-state index in [0.29, 0.717) is 36.1 Å². The van der Waals surface area contributed by atoms with Gasteiger partial charge in [-0.05, 0) is 44.0 Å². The van der Waals surface area contributed by atoms with Crippen molar-refractivity contribution in [3.8, 4) is 0 Å². The summed E-state index contributed by atoms with van der Waals surface area (Å²) < 4.78 is 13.7. The van der Waals surface area contributed by atoms with Crippen molar-refractivity contribution in [3.05, 3.63) is 29.3 Å². The van der Waals surface area contributed by atoms with Gasteiger partial charge in [0.2, 0.25) is 11.8 Å². The number of nitrogens with zero attached hydrogens (tertiary/aromatic N) is 4. The summed E-state index contributed by atoms with van der Waals surface area (Å²) in [6.07, 6.45) is 1.23. The molecule has 0 aliphatic carbocycles. The summed E-state index contributed by atoms with van der Waals surface area (Å²) in [5.74, 6) is -1.39. The van der Waals surface area contributed by atoms with E-state index in [1.54, 1.807) is 12.1 Å². The Morgan fingerprint density at radius 3 is 2.46 bits per heavy atom. The van der Waals surface area contributed by atoms with Crippen LogP contribution in [0.5, 0.6) is 0 Å². The summed E-state index contributed by atoms with van der Waals surface area (Å²) in [5, 5.41) is 2.22. The second-order valence-corrected chi connectivity index (χ2v) is 10.6. The van der Waals surface area contributed by atoms with Crippen molar-refractivity contribution in [1.82, 2.24) is 20.0 Å². The number of hydrogen-bond donors (Lipinski definition) is 1. The van der Waals surface area contributed by atoms with Crippen LogP contribution in [0, 0.1) is 5.92 Å². The molecule has 4 amide bonds. The maximum atomic E-state index is 13.7. The van der Waals surface area contributed by atoms with E-state index in [9.17, 15) is 23.6 Å². The van der Waals surface area contributed by atoms with Crippen LogP contribution in [-0.4, -0.2) is 102 Å². The summed E-state index contributed by atoms with van der Waals surface area (Å²) in [6.45, 7) is 6.40. The number of likely N-dealkylation sites (tertiary alicyclic amines) is 2. The van der Waals surface area contributed by atoms with Gasteiger partial charge in [0.15, 0.2) is 0 Å². The molecule has 0 aromatic heterocycles. The van der Waals surface area contributed by atoms with Gasteiger partial charge in [-0.1, -0.05) is 0 Å². The van der Waals surface area contributed by atoms with E-state index in [0.717, 1.165) is 56.3 Å². The molecular formula is C25H30FN5O4. The zero-order valence-electron chi connectivity index (χ0n) is 19.6. The van der Waals surface area contributed by atoms with Crippen LogP contribution in [0.15, 0.2) is 18.2 Å². The summed E-state index contributed by atoms with van der Waals surface area (Å²) in [7, 11) is 0. The Morgan fingerprint density at radius 2 is 1.71 bits per heavy atom. The van der Waals surface area contributed by atoms with E-state index in [2.05, 4.69) is 20.0 Å². The predicted molar refractivity (Wildman–Crippen MR) is 125 cm³/mol. The average molecular weight is 484 g/mol. The molecule has 186 valence electrons. The number of rotatable bonds is 5. The predicted octanol–water partition coefficient (Wildman–Crippen LogP) is 0.642.